The minimum absolute atomic E-state index is 0.156. The molecule has 1 amide bonds. The number of esters is 1. The number of nitrogens with one attached hydrogen (secondary N) is 1. The number of carbonyl (C=O) groups is 2. The van der Waals surface area contributed by atoms with E-state index in [0.29, 0.717) is 12.8 Å². The molecule has 1 rings (SSSR count). The summed E-state index contributed by atoms with van der Waals surface area (Å²) in [5.74, 6) is -0.544. The molecule has 0 heterocycles. The molecule has 116 valence electrons. The maximum atomic E-state index is 12.3. The van der Waals surface area contributed by atoms with Crippen molar-refractivity contribution in [1.82, 2.24) is 5.32 Å². The molecular weight excluding hydrogens is 266 g/mol. The van der Waals surface area contributed by atoms with Gasteiger partial charge in [-0.1, -0.05) is 37.6 Å². The summed E-state index contributed by atoms with van der Waals surface area (Å²) in [4.78, 5) is 24.2. The fraction of sp³-hybridized carbons (Fsp3) is 0.529. The molecule has 4 heteroatoms. The summed E-state index contributed by atoms with van der Waals surface area (Å²) in [6, 6.07) is 6.00. The predicted molar refractivity (Wildman–Crippen MR) is 83.1 cm³/mol. The summed E-state index contributed by atoms with van der Waals surface area (Å²) in [5.41, 5.74) is 2.30. The Morgan fingerprint density at radius 2 is 1.81 bits per heavy atom. The van der Waals surface area contributed by atoms with Gasteiger partial charge in [0.1, 0.15) is 5.54 Å². The highest BCUT2D eigenvalue weighted by Gasteiger charge is 2.37. The van der Waals surface area contributed by atoms with Crippen LogP contribution in [0.2, 0.25) is 0 Å². The quantitative estimate of drug-likeness (QED) is 0.820. The summed E-state index contributed by atoms with van der Waals surface area (Å²) in [7, 11) is 1.35. The van der Waals surface area contributed by atoms with E-state index in [1.807, 2.05) is 39.8 Å². The first-order chi connectivity index (χ1) is 9.88. The molecule has 1 aromatic rings. The number of hydrogen-bond donors (Lipinski definition) is 1. The van der Waals surface area contributed by atoms with E-state index in [1.165, 1.54) is 12.7 Å². The van der Waals surface area contributed by atoms with E-state index in [-0.39, 0.29) is 18.3 Å². The average molecular weight is 291 g/mol. The first kappa shape index (κ1) is 17.2. The van der Waals surface area contributed by atoms with Crippen molar-refractivity contribution in [2.24, 2.45) is 0 Å². The summed E-state index contributed by atoms with van der Waals surface area (Å²) in [5, 5.41) is 2.86. The zero-order valence-corrected chi connectivity index (χ0v) is 13.6. The van der Waals surface area contributed by atoms with E-state index in [0.717, 1.165) is 11.1 Å². The summed E-state index contributed by atoms with van der Waals surface area (Å²) in [6.07, 6.45) is 1.29. The lowest BCUT2D eigenvalue weighted by molar-refractivity contribution is -0.151. The van der Waals surface area contributed by atoms with Crippen molar-refractivity contribution in [2.75, 3.05) is 7.11 Å². The third-order valence-electron chi connectivity index (χ3n) is 4.01. The number of amides is 1. The van der Waals surface area contributed by atoms with E-state index < -0.39 is 5.54 Å². The van der Waals surface area contributed by atoms with Crippen LogP contribution in [0.15, 0.2) is 18.2 Å². The van der Waals surface area contributed by atoms with Crippen LogP contribution >= 0.6 is 0 Å². The first-order valence-corrected chi connectivity index (χ1v) is 7.34. The van der Waals surface area contributed by atoms with E-state index in [4.69, 9.17) is 4.74 Å². The standard InChI is InChI=1S/C17H25NO3/c1-6-17(7-2,16(20)21-5)18-15(19)11-14-9-8-12(3)10-13(14)4/h8-10H,6-7,11H2,1-5H3,(H,18,19). The van der Waals surface area contributed by atoms with Gasteiger partial charge in [-0.25, -0.2) is 4.79 Å². The van der Waals surface area contributed by atoms with Gasteiger partial charge in [-0.2, -0.15) is 0 Å². The van der Waals surface area contributed by atoms with Crippen LogP contribution < -0.4 is 5.32 Å². The van der Waals surface area contributed by atoms with Gasteiger partial charge in [0, 0.05) is 0 Å². The van der Waals surface area contributed by atoms with Crippen LogP contribution in [-0.4, -0.2) is 24.5 Å². The van der Waals surface area contributed by atoms with Gasteiger partial charge in [-0.05, 0) is 37.8 Å². The smallest absolute Gasteiger partial charge is 0.331 e. The number of hydrogen-bond acceptors (Lipinski definition) is 3. The Morgan fingerprint density at radius 1 is 1.19 bits per heavy atom. The van der Waals surface area contributed by atoms with Crippen molar-refractivity contribution in [3.05, 3.63) is 34.9 Å². The molecule has 0 aliphatic heterocycles. The molecule has 0 saturated heterocycles. The lowest BCUT2D eigenvalue weighted by atomic mass is 9.92. The normalized spacial score (nSPS) is 11.1. The highest BCUT2D eigenvalue weighted by Crippen LogP contribution is 2.18. The number of carbonyl (C=O) groups excluding carboxylic acids is 2. The second-order valence-electron chi connectivity index (χ2n) is 5.44. The third kappa shape index (κ3) is 4.06. The van der Waals surface area contributed by atoms with Crippen LogP contribution in [0.4, 0.5) is 0 Å². The minimum atomic E-state index is -0.926. The van der Waals surface area contributed by atoms with Crippen molar-refractivity contribution in [1.29, 1.82) is 0 Å². The zero-order chi connectivity index (χ0) is 16.0. The molecule has 0 atom stereocenters. The number of rotatable bonds is 6. The molecule has 0 aromatic heterocycles. The highest BCUT2D eigenvalue weighted by atomic mass is 16.5. The minimum Gasteiger partial charge on any atom is -0.467 e. The maximum Gasteiger partial charge on any atom is 0.331 e. The van der Waals surface area contributed by atoms with Crippen molar-refractivity contribution in [2.45, 2.75) is 52.5 Å². The van der Waals surface area contributed by atoms with E-state index in [1.54, 1.807) is 0 Å². The second-order valence-corrected chi connectivity index (χ2v) is 5.44. The topological polar surface area (TPSA) is 55.4 Å². The molecule has 21 heavy (non-hydrogen) atoms. The molecule has 0 bridgehead atoms. The first-order valence-electron chi connectivity index (χ1n) is 7.34. The van der Waals surface area contributed by atoms with Gasteiger partial charge in [0.2, 0.25) is 5.91 Å². The van der Waals surface area contributed by atoms with Crippen molar-refractivity contribution >= 4 is 11.9 Å². The van der Waals surface area contributed by atoms with Crippen molar-refractivity contribution in [3.63, 3.8) is 0 Å². The van der Waals surface area contributed by atoms with E-state index >= 15 is 0 Å². The van der Waals surface area contributed by atoms with Crippen molar-refractivity contribution < 1.29 is 14.3 Å². The number of ether oxygens (including phenoxy) is 1. The summed E-state index contributed by atoms with van der Waals surface area (Å²) < 4.78 is 4.83. The maximum absolute atomic E-state index is 12.3. The largest absolute Gasteiger partial charge is 0.467 e. The second kappa shape index (κ2) is 7.25. The van der Waals surface area contributed by atoms with Crippen LogP contribution in [0.5, 0.6) is 0 Å². The van der Waals surface area contributed by atoms with Gasteiger partial charge in [0.25, 0.3) is 0 Å². The SMILES string of the molecule is CCC(CC)(NC(=O)Cc1ccc(C)cc1C)C(=O)OC. The monoisotopic (exact) mass is 291 g/mol. The molecule has 0 radical (unpaired) electrons. The summed E-state index contributed by atoms with van der Waals surface area (Å²) >= 11 is 0. The molecule has 1 aromatic carbocycles. The zero-order valence-electron chi connectivity index (χ0n) is 13.6. The molecule has 0 saturated carbocycles. The Bertz CT molecular complexity index is 519. The average Bonchev–Trinajstić information content (AvgIpc) is 2.47. The lowest BCUT2D eigenvalue weighted by Gasteiger charge is -2.29. The van der Waals surface area contributed by atoms with E-state index in [2.05, 4.69) is 11.4 Å². The van der Waals surface area contributed by atoms with Crippen LogP contribution in [0, 0.1) is 13.8 Å². The Labute approximate surface area is 126 Å². The molecule has 0 unspecified atom stereocenters. The number of methoxy groups -OCH3 is 1. The van der Waals surface area contributed by atoms with Gasteiger partial charge in [0.05, 0.1) is 13.5 Å². The van der Waals surface area contributed by atoms with Gasteiger partial charge in [-0.15, -0.1) is 0 Å². The van der Waals surface area contributed by atoms with Crippen LogP contribution in [0.1, 0.15) is 43.4 Å². The fourth-order valence-electron chi connectivity index (χ4n) is 2.49. The van der Waals surface area contributed by atoms with Gasteiger partial charge in [0.15, 0.2) is 0 Å². The fourth-order valence-corrected chi connectivity index (χ4v) is 2.49. The Kier molecular flexibility index (Phi) is 5.94. The van der Waals surface area contributed by atoms with Gasteiger partial charge < -0.3 is 10.1 Å². The molecule has 0 spiro atoms. The summed E-state index contributed by atoms with van der Waals surface area (Å²) in [6.45, 7) is 7.76. The van der Waals surface area contributed by atoms with E-state index in [9.17, 15) is 9.59 Å². The lowest BCUT2D eigenvalue weighted by Crippen LogP contribution is -2.54. The van der Waals surface area contributed by atoms with Crippen molar-refractivity contribution in [3.8, 4) is 0 Å². The Morgan fingerprint density at radius 3 is 2.29 bits per heavy atom. The molecule has 0 fully saturated rings. The Balaban J connectivity index is 2.86. The highest BCUT2D eigenvalue weighted by molar-refractivity contribution is 5.89. The van der Waals surface area contributed by atoms with Crippen LogP contribution in [0.25, 0.3) is 0 Å². The number of aryl methyl sites for hydroxylation is 2. The van der Waals surface area contributed by atoms with Gasteiger partial charge in [-0.3, -0.25) is 4.79 Å². The number of benzene rings is 1. The van der Waals surface area contributed by atoms with Crippen LogP contribution in [0.3, 0.4) is 0 Å². The molecular formula is C17H25NO3. The molecule has 0 aliphatic rings. The molecule has 4 nitrogen and oxygen atoms in total. The molecule has 1 N–H and O–H groups in total. The third-order valence-corrected chi connectivity index (χ3v) is 4.01. The molecule has 0 aliphatic carbocycles. The van der Waals surface area contributed by atoms with Gasteiger partial charge >= 0.3 is 5.97 Å². The predicted octanol–water partition coefficient (Wildman–Crippen LogP) is 2.69. The van der Waals surface area contributed by atoms with Crippen LogP contribution in [-0.2, 0) is 20.7 Å². The Hall–Kier alpha value is -1.84.